The molecule has 8 heteroatoms. The van der Waals surface area contributed by atoms with Crippen molar-refractivity contribution in [2.75, 3.05) is 5.73 Å². The van der Waals surface area contributed by atoms with E-state index in [9.17, 15) is 8.42 Å². The summed E-state index contributed by atoms with van der Waals surface area (Å²) in [5.41, 5.74) is 5.02. The maximum absolute atomic E-state index is 11.9. The molecule has 0 unspecified atom stereocenters. The fourth-order valence-corrected chi connectivity index (χ4v) is 4.21. The maximum atomic E-state index is 11.9. The van der Waals surface area contributed by atoms with E-state index in [0.717, 1.165) is 37.0 Å². The lowest BCUT2D eigenvalue weighted by Crippen LogP contribution is -2.43. The molecule has 1 aliphatic carbocycles. The second-order valence-corrected chi connectivity index (χ2v) is 7.14. The molecule has 0 aliphatic heterocycles. The van der Waals surface area contributed by atoms with Gasteiger partial charge in [0.25, 0.3) is 10.0 Å². The number of hydrogen-bond donors (Lipinski definition) is 2. The van der Waals surface area contributed by atoms with E-state index in [1.165, 1.54) is 0 Å². The van der Waals surface area contributed by atoms with Crippen LogP contribution in [0.2, 0.25) is 0 Å². The van der Waals surface area contributed by atoms with E-state index in [1.807, 2.05) is 6.92 Å². The number of anilines is 1. The molecule has 1 saturated carbocycles. The smallest absolute Gasteiger partial charge is 0.270 e. The van der Waals surface area contributed by atoms with Crippen molar-refractivity contribution in [1.29, 1.82) is 0 Å². The number of nitrogens with one attached hydrogen (secondary N) is 1. The van der Waals surface area contributed by atoms with Gasteiger partial charge in [-0.25, -0.2) is 13.1 Å². The minimum Gasteiger partial charge on any atom is -0.374 e. The lowest BCUT2D eigenvalue weighted by atomic mass is 10.0. The van der Waals surface area contributed by atoms with E-state index in [-0.39, 0.29) is 15.0 Å². The Morgan fingerprint density at radius 1 is 1.38 bits per heavy atom. The van der Waals surface area contributed by atoms with Gasteiger partial charge in [-0.05, 0) is 19.8 Å². The SMILES string of the molecule is CC1(NS(=O)(=O)c2nnc(N)s2)CCCC1. The monoisotopic (exact) mass is 262 g/mol. The Morgan fingerprint density at radius 3 is 2.50 bits per heavy atom. The Bertz CT molecular complexity index is 476. The third-order valence-electron chi connectivity index (χ3n) is 2.74. The van der Waals surface area contributed by atoms with Crippen LogP contribution in [0.3, 0.4) is 0 Å². The first kappa shape index (κ1) is 11.7. The highest BCUT2D eigenvalue weighted by molar-refractivity contribution is 7.91. The first-order valence-electron chi connectivity index (χ1n) is 5.04. The Kier molecular flexibility index (Phi) is 2.89. The van der Waals surface area contributed by atoms with Crippen LogP contribution in [-0.2, 0) is 10.0 Å². The fraction of sp³-hybridized carbons (Fsp3) is 0.750. The predicted octanol–water partition coefficient (Wildman–Crippen LogP) is 0.731. The van der Waals surface area contributed by atoms with Crippen molar-refractivity contribution in [3.63, 3.8) is 0 Å². The predicted molar refractivity (Wildman–Crippen MR) is 61.5 cm³/mol. The van der Waals surface area contributed by atoms with Crippen LogP contribution in [0.1, 0.15) is 32.6 Å². The standard InChI is InChI=1S/C8H14N4O2S2/c1-8(4-2-3-5-8)12-16(13,14)7-11-10-6(9)15-7/h12H,2-5H2,1H3,(H2,9,10). The van der Waals surface area contributed by atoms with E-state index in [2.05, 4.69) is 14.9 Å². The zero-order valence-electron chi connectivity index (χ0n) is 8.93. The molecule has 1 heterocycles. The highest BCUT2D eigenvalue weighted by atomic mass is 32.2. The lowest BCUT2D eigenvalue weighted by Gasteiger charge is -2.23. The minimum absolute atomic E-state index is 0.0573. The van der Waals surface area contributed by atoms with Crippen LogP contribution in [0.4, 0.5) is 5.13 Å². The second-order valence-electron chi connectivity index (χ2n) is 4.28. The average molecular weight is 262 g/mol. The van der Waals surface area contributed by atoms with E-state index < -0.39 is 10.0 Å². The molecule has 6 nitrogen and oxygen atoms in total. The molecule has 1 fully saturated rings. The van der Waals surface area contributed by atoms with Gasteiger partial charge < -0.3 is 5.73 Å². The van der Waals surface area contributed by atoms with Crippen molar-refractivity contribution in [2.45, 2.75) is 42.5 Å². The zero-order chi connectivity index (χ0) is 11.8. The molecule has 0 atom stereocenters. The summed E-state index contributed by atoms with van der Waals surface area (Å²) in [4.78, 5) is 0. The van der Waals surface area contributed by atoms with Crippen molar-refractivity contribution in [3.8, 4) is 0 Å². The molecule has 0 saturated heterocycles. The number of aromatic nitrogens is 2. The molecule has 0 bridgehead atoms. The number of sulfonamides is 1. The highest BCUT2D eigenvalue weighted by Crippen LogP contribution is 2.31. The summed E-state index contributed by atoms with van der Waals surface area (Å²) in [7, 11) is -3.57. The van der Waals surface area contributed by atoms with Gasteiger partial charge in [-0.1, -0.05) is 24.2 Å². The summed E-state index contributed by atoms with van der Waals surface area (Å²) >= 11 is 0.882. The molecule has 1 aliphatic rings. The van der Waals surface area contributed by atoms with Gasteiger partial charge in [0.05, 0.1) is 0 Å². The summed E-state index contributed by atoms with van der Waals surface area (Å²) in [6, 6.07) is 0. The van der Waals surface area contributed by atoms with Gasteiger partial charge >= 0.3 is 0 Å². The normalized spacial score (nSPS) is 20.1. The maximum Gasteiger partial charge on any atom is 0.270 e. The van der Waals surface area contributed by atoms with Gasteiger partial charge in [-0.15, -0.1) is 10.2 Å². The average Bonchev–Trinajstić information content (AvgIpc) is 2.74. The topological polar surface area (TPSA) is 98.0 Å². The van der Waals surface area contributed by atoms with E-state index in [1.54, 1.807) is 0 Å². The first-order chi connectivity index (χ1) is 7.41. The molecule has 16 heavy (non-hydrogen) atoms. The zero-order valence-corrected chi connectivity index (χ0v) is 10.6. The van der Waals surface area contributed by atoms with Crippen LogP contribution in [0.15, 0.2) is 4.34 Å². The molecule has 2 rings (SSSR count). The second kappa shape index (κ2) is 3.94. The van der Waals surface area contributed by atoms with Gasteiger partial charge in [0.15, 0.2) is 0 Å². The van der Waals surface area contributed by atoms with Crippen molar-refractivity contribution >= 4 is 26.5 Å². The number of nitrogen functional groups attached to an aromatic ring is 1. The van der Waals surface area contributed by atoms with Crippen LogP contribution >= 0.6 is 11.3 Å². The molecular weight excluding hydrogens is 248 g/mol. The third-order valence-corrected chi connectivity index (χ3v) is 5.50. The first-order valence-corrected chi connectivity index (χ1v) is 7.34. The number of nitrogens with two attached hydrogens (primary N) is 1. The molecular formula is C8H14N4O2S2. The van der Waals surface area contributed by atoms with Crippen molar-refractivity contribution < 1.29 is 8.42 Å². The highest BCUT2D eigenvalue weighted by Gasteiger charge is 2.34. The van der Waals surface area contributed by atoms with Crippen LogP contribution in [0.5, 0.6) is 0 Å². The van der Waals surface area contributed by atoms with E-state index >= 15 is 0 Å². The molecule has 1 aromatic heterocycles. The van der Waals surface area contributed by atoms with Crippen molar-refractivity contribution in [3.05, 3.63) is 0 Å². The van der Waals surface area contributed by atoms with Gasteiger partial charge in [0.2, 0.25) is 9.47 Å². The third kappa shape index (κ3) is 2.33. The van der Waals surface area contributed by atoms with Crippen LogP contribution in [-0.4, -0.2) is 24.2 Å². The van der Waals surface area contributed by atoms with E-state index in [4.69, 9.17) is 5.73 Å². The van der Waals surface area contributed by atoms with Gasteiger partial charge in [-0.2, -0.15) is 0 Å². The summed E-state index contributed by atoms with van der Waals surface area (Å²) in [5.74, 6) is 0. The largest absolute Gasteiger partial charge is 0.374 e. The summed E-state index contributed by atoms with van der Waals surface area (Å²) in [6.07, 6.45) is 3.83. The van der Waals surface area contributed by atoms with Gasteiger partial charge in [0.1, 0.15) is 0 Å². The number of hydrogen-bond acceptors (Lipinski definition) is 6. The Hall–Kier alpha value is -0.730. The molecule has 0 amide bonds. The summed E-state index contributed by atoms with van der Waals surface area (Å²) < 4.78 is 26.5. The van der Waals surface area contributed by atoms with Gasteiger partial charge in [0, 0.05) is 5.54 Å². The van der Waals surface area contributed by atoms with Crippen molar-refractivity contribution in [2.24, 2.45) is 0 Å². The van der Waals surface area contributed by atoms with Crippen LogP contribution in [0, 0.1) is 0 Å². The minimum atomic E-state index is -3.57. The molecule has 0 spiro atoms. The van der Waals surface area contributed by atoms with Gasteiger partial charge in [-0.3, -0.25) is 0 Å². The van der Waals surface area contributed by atoms with Crippen molar-refractivity contribution in [1.82, 2.24) is 14.9 Å². The molecule has 1 aromatic rings. The Labute approximate surface area is 98.3 Å². The van der Waals surface area contributed by atoms with E-state index in [0.29, 0.717) is 0 Å². The summed E-state index contributed by atoms with van der Waals surface area (Å²) in [5, 5.41) is 7.22. The quantitative estimate of drug-likeness (QED) is 0.837. The van der Waals surface area contributed by atoms with Crippen LogP contribution in [0.25, 0.3) is 0 Å². The molecule has 0 aromatic carbocycles. The summed E-state index contributed by atoms with van der Waals surface area (Å²) in [6.45, 7) is 1.92. The fourth-order valence-electron chi connectivity index (χ4n) is 1.95. The molecule has 0 radical (unpaired) electrons. The van der Waals surface area contributed by atoms with Crippen LogP contribution < -0.4 is 10.5 Å². The lowest BCUT2D eigenvalue weighted by molar-refractivity contribution is 0.427. The number of rotatable bonds is 3. The molecule has 3 N–H and O–H groups in total. The Morgan fingerprint density at radius 2 is 2.00 bits per heavy atom. The molecule has 90 valence electrons. The Balaban J connectivity index is 2.20. The number of nitrogens with zero attached hydrogens (tertiary/aromatic N) is 2.